The van der Waals surface area contributed by atoms with Crippen molar-refractivity contribution in [3.63, 3.8) is 0 Å². The second-order valence-electron chi connectivity index (χ2n) is 4.26. The van der Waals surface area contributed by atoms with Gasteiger partial charge < -0.3 is 10.6 Å². The van der Waals surface area contributed by atoms with E-state index in [4.69, 9.17) is 0 Å². The molecular formula is C11H20N2. The number of likely N-dealkylation sites (N-methyl/N-ethyl adjacent to an activating group) is 1. The minimum atomic E-state index is 0.600. The standard InChI is InChI=1S/C11H20N2/c1-3-8-4-5-11(12-2)10-7-13-6-9(8)10/h4-5,8-13H,3,6-7H2,1-2H3. The molecule has 1 saturated heterocycles. The van der Waals surface area contributed by atoms with Crippen molar-refractivity contribution in [1.29, 1.82) is 0 Å². The largest absolute Gasteiger partial charge is 0.316 e. The lowest BCUT2D eigenvalue weighted by Gasteiger charge is -2.34. The Hall–Kier alpha value is -0.340. The zero-order valence-electron chi connectivity index (χ0n) is 8.59. The molecule has 1 fully saturated rings. The second-order valence-corrected chi connectivity index (χ2v) is 4.26. The molecule has 0 saturated carbocycles. The summed E-state index contributed by atoms with van der Waals surface area (Å²) in [5.74, 6) is 2.50. The highest BCUT2D eigenvalue weighted by Gasteiger charge is 2.37. The predicted octanol–water partition coefficient (Wildman–Crippen LogP) is 1.01. The number of hydrogen-bond acceptors (Lipinski definition) is 2. The van der Waals surface area contributed by atoms with Crippen molar-refractivity contribution in [3.8, 4) is 0 Å². The monoisotopic (exact) mass is 180 g/mol. The fraction of sp³-hybridized carbons (Fsp3) is 0.818. The van der Waals surface area contributed by atoms with Crippen LogP contribution in [0.3, 0.4) is 0 Å². The maximum Gasteiger partial charge on any atom is 0.0291 e. The van der Waals surface area contributed by atoms with E-state index in [0.717, 1.165) is 17.8 Å². The Morgan fingerprint density at radius 2 is 2.08 bits per heavy atom. The lowest BCUT2D eigenvalue weighted by Crippen LogP contribution is -2.40. The molecule has 2 nitrogen and oxygen atoms in total. The second kappa shape index (κ2) is 3.81. The molecular weight excluding hydrogens is 160 g/mol. The molecule has 2 N–H and O–H groups in total. The van der Waals surface area contributed by atoms with Crippen LogP contribution < -0.4 is 10.6 Å². The summed E-state index contributed by atoms with van der Waals surface area (Å²) in [4.78, 5) is 0. The summed E-state index contributed by atoms with van der Waals surface area (Å²) in [6.45, 7) is 4.70. The highest BCUT2D eigenvalue weighted by atomic mass is 15.0. The average molecular weight is 180 g/mol. The van der Waals surface area contributed by atoms with Crippen LogP contribution in [-0.2, 0) is 0 Å². The summed E-state index contributed by atoms with van der Waals surface area (Å²) in [5, 5.41) is 6.91. The van der Waals surface area contributed by atoms with Crippen LogP contribution in [0, 0.1) is 17.8 Å². The molecule has 1 aliphatic carbocycles. The van der Waals surface area contributed by atoms with E-state index in [1.165, 1.54) is 19.5 Å². The zero-order chi connectivity index (χ0) is 9.26. The van der Waals surface area contributed by atoms with Crippen molar-refractivity contribution in [2.24, 2.45) is 17.8 Å². The number of fused-ring (bicyclic) bond motifs is 1. The van der Waals surface area contributed by atoms with Gasteiger partial charge in [0.2, 0.25) is 0 Å². The smallest absolute Gasteiger partial charge is 0.0291 e. The summed E-state index contributed by atoms with van der Waals surface area (Å²) in [6, 6.07) is 0.600. The van der Waals surface area contributed by atoms with E-state index in [1.54, 1.807) is 0 Å². The van der Waals surface area contributed by atoms with Crippen LogP contribution in [0.4, 0.5) is 0 Å². The van der Waals surface area contributed by atoms with Gasteiger partial charge in [0.25, 0.3) is 0 Å². The van der Waals surface area contributed by atoms with Crippen molar-refractivity contribution in [3.05, 3.63) is 12.2 Å². The molecule has 2 rings (SSSR count). The van der Waals surface area contributed by atoms with E-state index in [-0.39, 0.29) is 0 Å². The third-order valence-corrected chi connectivity index (χ3v) is 3.69. The summed E-state index contributed by atoms with van der Waals surface area (Å²) >= 11 is 0. The molecule has 0 bridgehead atoms. The molecule has 0 aromatic heterocycles. The van der Waals surface area contributed by atoms with Gasteiger partial charge in [-0.3, -0.25) is 0 Å². The summed E-state index contributed by atoms with van der Waals surface area (Å²) < 4.78 is 0. The van der Waals surface area contributed by atoms with Crippen molar-refractivity contribution >= 4 is 0 Å². The normalized spacial score (nSPS) is 43.5. The Bertz CT molecular complexity index is 180. The van der Waals surface area contributed by atoms with Crippen LogP contribution >= 0.6 is 0 Å². The van der Waals surface area contributed by atoms with Crippen LogP contribution in [0.2, 0.25) is 0 Å². The first-order valence-corrected chi connectivity index (χ1v) is 5.43. The van der Waals surface area contributed by atoms with Gasteiger partial charge in [-0.1, -0.05) is 19.1 Å². The van der Waals surface area contributed by atoms with Gasteiger partial charge in [-0.2, -0.15) is 0 Å². The molecule has 74 valence electrons. The van der Waals surface area contributed by atoms with E-state index in [1.807, 2.05) is 0 Å². The van der Waals surface area contributed by atoms with Crippen molar-refractivity contribution in [1.82, 2.24) is 10.6 Å². The molecule has 1 aliphatic heterocycles. The zero-order valence-corrected chi connectivity index (χ0v) is 8.59. The number of nitrogens with one attached hydrogen (secondary N) is 2. The SMILES string of the molecule is CCC1C=CC(NC)C2CNCC12. The third kappa shape index (κ3) is 1.53. The Morgan fingerprint density at radius 3 is 2.77 bits per heavy atom. The van der Waals surface area contributed by atoms with Gasteiger partial charge >= 0.3 is 0 Å². The predicted molar refractivity (Wildman–Crippen MR) is 55.6 cm³/mol. The van der Waals surface area contributed by atoms with Crippen LogP contribution in [0.15, 0.2) is 12.2 Å². The number of allylic oxidation sites excluding steroid dienone is 1. The summed E-state index contributed by atoms with van der Waals surface area (Å²) in [7, 11) is 2.07. The highest BCUT2D eigenvalue weighted by Crippen LogP contribution is 2.34. The lowest BCUT2D eigenvalue weighted by atomic mass is 9.74. The Kier molecular flexibility index (Phi) is 2.70. The van der Waals surface area contributed by atoms with Crippen molar-refractivity contribution in [2.45, 2.75) is 19.4 Å². The Balaban J connectivity index is 2.14. The minimum Gasteiger partial charge on any atom is -0.316 e. The first kappa shape index (κ1) is 9.22. The van der Waals surface area contributed by atoms with Crippen LogP contribution in [0.1, 0.15) is 13.3 Å². The molecule has 0 aromatic carbocycles. The van der Waals surface area contributed by atoms with E-state index in [0.29, 0.717) is 6.04 Å². The van der Waals surface area contributed by atoms with E-state index in [2.05, 4.69) is 36.8 Å². The molecule has 4 atom stereocenters. The summed E-state index contributed by atoms with van der Waals surface area (Å²) in [5.41, 5.74) is 0. The molecule has 4 unspecified atom stereocenters. The van der Waals surface area contributed by atoms with E-state index < -0.39 is 0 Å². The van der Waals surface area contributed by atoms with Crippen molar-refractivity contribution < 1.29 is 0 Å². The van der Waals surface area contributed by atoms with Crippen LogP contribution in [-0.4, -0.2) is 26.2 Å². The molecule has 2 aliphatic rings. The van der Waals surface area contributed by atoms with E-state index >= 15 is 0 Å². The molecule has 2 heteroatoms. The summed E-state index contributed by atoms with van der Waals surface area (Å²) in [6.07, 6.45) is 6.06. The van der Waals surface area contributed by atoms with Gasteiger partial charge in [0.15, 0.2) is 0 Å². The fourth-order valence-corrected chi connectivity index (χ4v) is 2.88. The highest BCUT2D eigenvalue weighted by molar-refractivity contribution is 5.11. The fourth-order valence-electron chi connectivity index (χ4n) is 2.88. The molecule has 0 amide bonds. The lowest BCUT2D eigenvalue weighted by molar-refractivity contribution is 0.266. The Labute approximate surface area is 80.8 Å². The first-order valence-electron chi connectivity index (χ1n) is 5.43. The van der Waals surface area contributed by atoms with Gasteiger partial charge in [0, 0.05) is 12.6 Å². The Morgan fingerprint density at radius 1 is 1.31 bits per heavy atom. The third-order valence-electron chi connectivity index (χ3n) is 3.69. The van der Waals surface area contributed by atoms with Gasteiger partial charge in [-0.15, -0.1) is 0 Å². The van der Waals surface area contributed by atoms with E-state index in [9.17, 15) is 0 Å². The molecule has 0 spiro atoms. The van der Waals surface area contributed by atoms with Crippen molar-refractivity contribution in [2.75, 3.05) is 20.1 Å². The van der Waals surface area contributed by atoms with Gasteiger partial charge in [-0.25, -0.2) is 0 Å². The minimum absolute atomic E-state index is 0.600. The quantitative estimate of drug-likeness (QED) is 0.620. The topological polar surface area (TPSA) is 24.1 Å². The average Bonchev–Trinajstić information content (AvgIpc) is 2.64. The maximum atomic E-state index is 3.51. The molecule has 1 heterocycles. The van der Waals surface area contributed by atoms with Crippen LogP contribution in [0.5, 0.6) is 0 Å². The first-order chi connectivity index (χ1) is 6.36. The molecule has 0 radical (unpaired) electrons. The molecule has 0 aromatic rings. The van der Waals surface area contributed by atoms with Gasteiger partial charge in [-0.05, 0) is 37.8 Å². The molecule has 13 heavy (non-hydrogen) atoms. The number of hydrogen-bond donors (Lipinski definition) is 2. The van der Waals surface area contributed by atoms with Gasteiger partial charge in [0.1, 0.15) is 0 Å². The van der Waals surface area contributed by atoms with Gasteiger partial charge in [0.05, 0.1) is 0 Å². The van der Waals surface area contributed by atoms with Crippen LogP contribution in [0.25, 0.3) is 0 Å². The number of rotatable bonds is 2. The maximum absolute atomic E-state index is 3.51.